The number of hydrogen-bond acceptors (Lipinski definition) is 3. The summed E-state index contributed by atoms with van der Waals surface area (Å²) in [6.45, 7) is 2.81. The first kappa shape index (κ1) is 14.9. The third-order valence-electron chi connectivity index (χ3n) is 3.24. The molecule has 0 unspecified atom stereocenters. The Morgan fingerprint density at radius 1 is 1.15 bits per heavy atom. The molecule has 0 bridgehead atoms. The molecule has 2 N–H and O–H groups in total. The minimum absolute atomic E-state index is 0.0317. The zero-order valence-corrected chi connectivity index (χ0v) is 13.2. The zero-order chi connectivity index (χ0) is 14.5. The Hall–Kier alpha value is -1.52. The normalized spacial score (nSPS) is 10.4. The van der Waals surface area contributed by atoms with E-state index >= 15 is 0 Å². The van der Waals surface area contributed by atoms with Gasteiger partial charge in [-0.05, 0) is 48.4 Å². The average Bonchev–Trinajstić information content (AvgIpc) is 2.46. The van der Waals surface area contributed by atoms with Gasteiger partial charge in [0.2, 0.25) is 0 Å². The first-order valence-electron chi connectivity index (χ1n) is 6.40. The van der Waals surface area contributed by atoms with Crippen LogP contribution in [0, 0.1) is 6.92 Å². The summed E-state index contributed by atoms with van der Waals surface area (Å²) >= 11 is 3.46. The molecule has 0 saturated carbocycles. The Balaban J connectivity index is 2.10. The minimum atomic E-state index is -0.0317. The predicted octanol–water partition coefficient (Wildman–Crippen LogP) is 3.87. The standard InChI is InChI=1S/C16H18BrNO2/c1-11-7-14(17)4-3-12(11)9-18-15-5-6-16(20-2)13(8-15)10-19/h3-8,18-19H,9-10H2,1-2H3. The molecule has 0 aromatic heterocycles. The third-order valence-corrected chi connectivity index (χ3v) is 3.73. The molecule has 2 aromatic rings. The zero-order valence-electron chi connectivity index (χ0n) is 11.6. The van der Waals surface area contributed by atoms with Crippen molar-refractivity contribution < 1.29 is 9.84 Å². The van der Waals surface area contributed by atoms with Crippen molar-refractivity contribution >= 4 is 21.6 Å². The number of aliphatic hydroxyl groups excluding tert-OH is 1. The summed E-state index contributed by atoms with van der Waals surface area (Å²) in [5.41, 5.74) is 4.24. The van der Waals surface area contributed by atoms with Gasteiger partial charge in [-0.15, -0.1) is 0 Å². The monoisotopic (exact) mass is 335 g/mol. The first-order chi connectivity index (χ1) is 9.63. The Morgan fingerprint density at radius 3 is 2.60 bits per heavy atom. The van der Waals surface area contributed by atoms with E-state index in [1.165, 1.54) is 11.1 Å². The van der Waals surface area contributed by atoms with E-state index in [4.69, 9.17) is 4.74 Å². The van der Waals surface area contributed by atoms with Gasteiger partial charge in [-0.1, -0.05) is 22.0 Å². The largest absolute Gasteiger partial charge is 0.496 e. The van der Waals surface area contributed by atoms with E-state index < -0.39 is 0 Å². The highest BCUT2D eigenvalue weighted by Gasteiger charge is 2.04. The van der Waals surface area contributed by atoms with Crippen molar-refractivity contribution in [1.29, 1.82) is 0 Å². The van der Waals surface area contributed by atoms with E-state index in [2.05, 4.69) is 40.3 Å². The van der Waals surface area contributed by atoms with Gasteiger partial charge in [0.15, 0.2) is 0 Å². The highest BCUT2D eigenvalue weighted by molar-refractivity contribution is 9.10. The molecule has 0 radical (unpaired) electrons. The number of methoxy groups -OCH3 is 1. The molecule has 2 rings (SSSR count). The summed E-state index contributed by atoms with van der Waals surface area (Å²) in [5, 5.41) is 12.7. The fraction of sp³-hybridized carbons (Fsp3) is 0.250. The minimum Gasteiger partial charge on any atom is -0.496 e. The molecule has 0 amide bonds. The summed E-state index contributed by atoms with van der Waals surface area (Å²) in [6, 6.07) is 12.0. The molecule has 0 fully saturated rings. The number of aliphatic hydroxyl groups is 1. The number of nitrogens with one attached hydrogen (secondary N) is 1. The molecular formula is C16H18BrNO2. The molecule has 0 aliphatic rings. The summed E-state index contributed by atoms with van der Waals surface area (Å²) in [7, 11) is 1.60. The van der Waals surface area contributed by atoms with Gasteiger partial charge < -0.3 is 15.2 Å². The average molecular weight is 336 g/mol. The van der Waals surface area contributed by atoms with Gasteiger partial charge in [0.25, 0.3) is 0 Å². The molecule has 2 aromatic carbocycles. The molecule has 0 aliphatic heterocycles. The molecule has 20 heavy (non-hydrogen) atoms. The fourth-order valence-electron chi connectivity index (χ4n) is 2.07. The number of ether oxygens (including phenoxy) is 1. The van der Waals surface area contributed by atoms with E-state index in [-0.39, 0.29) is 6.61 Å². The topological polar surface area (TPSA) is 41.5 Å². The predicted molar refractivity (Wildman–Crippen MR) is 85.1 cm³/mol. The van der Waals surface area contributed by atoms with Gasteiger partial charge in [0.1, 0.15) is 5.75 Å². The Kier molecular flexibility index (Phi) is 5.04. The lowest BCUT2D eigenvalue weighted by Crippen LogP contribution is -2.02. The van der Waals surface area contributed by atoms with Gasteiger partial charge in [-0.25, -0.2) is 0 Å². The second-order valence-corrected chi connectivity index (χ2v) is 5.52. The van der Waals surface area contributed by atoms with Crippen LogP contribution in [0.1, 0.15) is 16.7 Å². The van der Waals surface area contributed by atoms with Crippen molar-refractivity contribution in [1.82, 2.24) is 0 Å². The Morgan fingerprint density at radius 2 is 1.95 bits per heavy atom. The summed E-state index contributed by atoms with van der Waals surface area (Å²) in [6.07, 6.45) is 0. The quantitative estimate of drug-likeness (QED) is 0.871. The van der Waals surface area contributed by atoms with Crippen LogP contribution in [0.4, 0.5) is 5.69 Å². The smallest absolute Gasteiger partial charge is 0.124 e. The maximum absolute atomic E-state index is 9.32. The van der Waals surface area contributed by atoms with Crippen LogP contribution in [0.15, 0.2) is 40.9 Å². The van der Waals surface area contributed by atoms with Gasteiger partial charge in [0, 0.05) is 22.3 Å². The summed E-state index contributed by atoms with van der Waals surface area (Å²) in [5.74, 6) is 0.706. The number of rotatable bonds is 5. The molecule has 0 heterocycles. The number of anilines is 1. The highest BCUT2D eigenvalue weighted by Crippen LogP contribution is 2.23. The molecule has 0 aliphatic carbocycles. The SMILES string of the molecule is COc1ccc(NCc2ccc(Br)cc2C)cc1CO. The van der Waals surface area contributed by atoms with E-state index in [0.29, 0.717) is 5.75 Å². The van der Waals surface area contributed by atoms with Gasteiger partial charge in [-0.3, -0.25) is 0 Å². The van der Waals surface area contributed by atoms with E-state index in [1.54, 1.807) is 7.11 Å². The number of benzene rings is 2. The Bertz CT molecular complexity index is 599. The maximum Gasteiger partial charge on any atom is 0.124 e. The third kappa shape index (κ3) is 3.52. The van der Waals surface area contributed by atoms with Crippen LogP contribution in [0.5, 0.6) is 5.75 Å². The Labute approximate surface area is 127 Å². The molecule has 0 saturated heterocycles. The van der Waals surface area contributed by atoms with Crippen LogP contribution in [-0.2, 0) is 13.2 Å². The lowest BCUT2D eigenvalue weighted by Gasteiger charge is -2.12. The second-order valence-electron chi connectivity index (χ2n) is 4.61. The molecule has 4 heteroatoms. The maximum atomic E-state index is 9.32. The van der Waals surface area contributed by atoms with E-state index in [1.807, 2.05) is 24.3 Å². The molecule has 106 valence electrons. The van der Waals surface area contributed by atoms with Gasteiger partial charge in [-0.2, -0.15) is 0 Å². The van der Waals surface area contributed by atoms with Crippen LogP contribution in [0.2, 0.25) is 0 Å². The number of halogens is 1. The van der Waals surface area contributed by atoms with Crippen molar-refractivity contribution in [2.45, 2.75) is 20.1 Å². The number of hydrogen-bond donors (Lipinski definition) is 2. The molecular weight excluding hydrogens is 318 g/mol. The van der Waals surface area contributed by atoms with Crippen LogP contribution in [0.3, 0.4) is 0 Å². The second kappa shape index (κ2) is 6.77. The van der Waals surface area contributed by atoms with E-state index in [0.717, 1.165) is 22.3 Å². The van der Waals surface area contributed by atoms with Crippen molar-refractivity contribution in [3.63, 3.8) is 0 Å². The highest BCUT2D eigenvalue weighted by atomic mass is 79.9. The summed E-state index contributed by atoms with van der Waals surface area (Å²) < 4.78 is 6.28. The van der Waals surface area contributed by atoms with Crippen molar-refractivity contribution in [2.24, 2.45) is 0 Å². The molecule has 0 atom stereocenters. The van der Waals surface area contributed by atoms with Crippen molar-refractivity contribution in [2.75, 3.05) is 12.4 Å². The van der Waals surface area contributed by atoms with Crippen LogP contribution in [0.25, 0.3) is 0 Å². The molecule has 0 spiro atoms. The lowest BCUT2D eigenvalue weighted by atomic mass is 10.1. The van der Waals surface area contributed by atoms with Crippen molar-refractivity contribution in [3.8, 4) is 5.75 Å². The van der Waals surface area contributed by atoms with Gasteiger partial charge in [0.05, 0.1) is 13.7 Å². The fourth-order valence-corrected chi connectivity index (χ4v) is 2.54. The number of aryl methyl sites for hydroxylation is 1. The van der Waals surface area contributed by atoms with Crippen LogP contribution in [-0.4, -0.2) is 12.2 Å². The van der Waals surface area contributed by atoms with Gasteiger partial charge >= 0.3 is 0 Å². The summed E-state index contributed by atoms with van der Waals surface area (Å²) in [4.78, 5) is 0. The van der Waals surface area contributed by atoms with E-state index in [9.17, 15) is 5.11 Å². The first-order valence-corrected chi connectivity index (χ1v) is 7.20. The van der Waals surface area contributed by atoms with Crippen molar-refractivity contribution in [3.05, 3.63) is 57.6 Å². The van der Waals surface area contributed by atoms with Crippen LogP contribution >= 0.6 is 15.9 Å². The lowest BCUT2D eigenvalue weighted by molar-refractivity contribution is 0.274. The van der Waals surface area contributed by atoms with Crippen LogP contribution < -0.4 is 10.1 Å². The molecule has 3 nitrogen and oxygen atoms in total.